The quantitative estimate of drug-likeness (QED) is 0.684. The second-order valence-electron chi connectivity index (χ2n) is 7.12. The minimum Gasteiger partial charge on any atom is -0.350 e. The molecule has 4 N–H and O–H groups in total. The average Bonchev–Trinajstić information content (AvgIpc) is 3.07. The summed E-state index contributed by atoms with van der Waals surface area (Å²) in [6, 6.07) is 8.03. The third-order valence-electron chi connectivity index (χ3n) is 5.19. The number of hydrogen-bond donors (Lipinski definition) is 3. The van der Waals surface area contributed by atoms with Crippen molar-refractivity contribution in [3.63, 3.8) is 0 Å². The van der Waals surface area contributed by atoms with Gasteiger partial charge >= 0.3 is 0 Å². The van der Waals surface area contributed by atoms with Crippen LogP contribution in [0.25, 0.3) is 0 Å². The van der Waals surface area contributed by atoms with Crippen LogP contribution in [0.4, 0.5) is 0 Å². The number of rotatable bonds is 5. The number of nitrogens with two attached hydrogens (primary N) is 1. The van der Waals surface area contributed by atoms with Crippen molar-refractivity contribution in [3.05, 3.63) is 35.9 Å². The molecule has 0 spiro atoms. The molecule has 3 rings (SSSR count). The lowest BCUT2D eigenvalue weighted by molar-refractivity contribution is -0.146. The molecule has 2 heterocycles. The fourth-order valence-corrected chi connectivity index (χ4v) is 3.76. The third kappa shape index (κ3) is 4.78. The zero-order valence-electron chi connectivity index (χ0n) is 15.4. The highest BCUT2D eigenvalue weighted by atomic mass is 35.5. The van der Waals surface area contributed by atoms with Gasteiger partial charge in [0.05, 0.1) is 6.04 Å². The van der Waals surface area contributed by atoms with E-state index in [2.05, 4.69) is 10.6 Å². The summed E-state index contributed by atoms with van der Waals surface area (Å²) in [4.78, 5) is 39.0. The zero-order chi connectivity index (χ0) is 18.7. The molecule has 1 aromatic carbocycles. The Bertz CT molecular complexity index is 683. The lowest BCUT2D eigenvalue weighted by Gasteiger charge is -2.38. The van der Waals surface area contributed by atoms with Crippen LogP contribution in [0.5, 0.6) is 0 Å². The molecule has 1 unspecified atom stereocenters. The van der Waals surface area contributed by atoms with Crippen LogP contribution >= 0.6 is 12.4 Å². The molecule has 2 fully saturated rings. The normalized spacial score (nSPS) is 25.2. The molecule has 27 heavy (non-hydrogen) atoms. The highest BCUT2D eigenvalue weighted by Gasteiger charge is 2.46. The van der Waals surface area contributed by atoms with Crippen molar-refractivity contribution in [1.82, 2.24) is 15.5 Å². The van der Waals surface area contributed by atoms with Gasteiger partial charge < -0.3 is 21.3 Å². The molecule has 2 aliphatic rings. The first-order valence-corrected chi connectivity index (χ1v) is 9.17. The van der Waals surface area contributed by atoms with Gasteiger partial charge in [0.2, 0.25) is 17.7 Å². The Kier molecular flexibility index (Phi) is 7.21. The van der Waals surface area contributed by atoms with Crippen LogP contribution in [-0.4, -0.2) is 46.8 Å². The first-order chi connectivity index (χ1) is 12.5. The highest BCUT2D eigenvalue weighted by molar-refractivity contribution is 5.94. The topological polar surface area (TPSA) is 105 Å². The van der Waals surface area contributed by atoms with Crippen molar-refractivity contribution in [2.24, 2.45) is 5.73 Å². The molecule has 148 valence electrons. The van der Waals surface area contributed by atoms with Gasteiger partial charge in [-0.1, -0.05) is 30.3 Å². The van der Waals surface area contributed by atoms with Crippen LogP contribution in [-0.2, 0) is 20.9 Å². The van der Waals surface area contributed by atoms with E-state index in [0.29, 0.717) is 19.4 Å². The summed E-state index contributed by atoms with van der Waals surface area (Å²) in [5.41, 5.74) is 6.59. The number of amides is 3. The molecular formula is C19H27ClN4O3. The van der Waals surface area contributed by atoms with Crippen LogP contribution in [0, 0.1) is 0 Å². The SMILES string of the molecule is C[C@H](N)C(=O)NC1CC[C@@H]2CC[C@@H](C(=O)NCc3ccccc3)N2C1=O.Cl. The molecule has 0 radical (unpaired) electrons. The van der Waals surface area contributed by atoms with Crippen molar-refractivity contribution in [2.45, 2.75) is 63.3 Å². The summed E-state index contributed by atoms with van der Waals surface area (Å²) in [6.07, 6.45) is 2.86. The molecule has 2 aliphatic heterocycles. The van der Waals surface area contributed by atoms with Crippen LogP contribution in [0.3, 0.4) is 0 Å². The summed E-state index contributed by atoms with van der Waals surface area (Å²) >= 11 is 0. The molecule has 0 bridgehead atoms. The van der Waals surface area contributed by atoms with Gasteiger partial charge in [-0.05, 0) is 38.2 Å². The van der Waals surface area contributed by atoms with Gasteiger partial charge in [0, 0.05) is 12.6 Å². The van der Waals surface area contributed by atoms with Crippen molar-refractivity contribution >= 4 is 30.1 Å². The van der Waals surface area contributed by atoms with Crippen LogP contribution < -0.4 is 16.4 Å². The molecule has 1 aromatic rings. The number of hydrogen-bond acceptors (Lipinski definition) is 4. The Morgan fingerprint density at radius 2 is 1.85 bits per heavy atom. The maximum atomic E-state index is 12.8. The van der Waals surface area contributed by atoms with E-state index in [0.717, 1.165) is 18.4 Å². The second kappa shape index (κ2) is 9.19. The molecule has 3 amide bonds. The molecule has 0 saturated carbocycles. The Morgan fingerprint density at radius 3 is 2.52 bits per heavy atom. The van der Waals surface area contributed by atoms with Crippen molar-refractivity contribution < 1.29 is 14.4 Å². The number of piperidine rings is 1. The minimum absolute atomic E-state index is 0. The number of nitrogens with zero attached hydrogens (tertiary/aromatic N) is 1. The maximum absolute atomic E-state index is 12.8. The number of halogens is 1. The van der Waals surface area contributed by atoms with E-state index < -0.39 is 18.1 Å². The Labute approximate surface area is 165 Å². The van der Waals surface area contributed by atoms with E-state index in [1.165, 1.54) is 0 Å². The zero-order valence-corrected chi connectivity index (χ0v) is 16.2. The van der Waals surface area contributed by atoms with E-state index in [-0.39, 0.29) is 36.2 Å². The van der Waals surface area contributed by atoms with E-state index in [1.807, 2.05) is 30.3 Å². The smallest absolute Gasteiger partial charge is 0.246 e. The standard InChI is InChI=1S/C19H26N4O3.ClH/c1-12(20)17(24)22-15-9-7-14-8-10-16(23(14)19(15)26)18(25)21-11-13-5-3-2-4-6-13;/h2-6,12,14-16H,7-11,20H2,1H3,(H,21,25)(H,22,24);1H/t12-,14+,15?,16-;/m0./s1. The fourth-order valence-electron chi connectivity index (χ4n) is 3.76. The van der Waals surface area contributed by atoms with Gasteiger partial charge in [-0.3, -0.25) is 14.4 Å². The van der Waals surface area contributed by atoms with Crippen LogP contribution in [0.15, 0.2) is 30.3 Å². The lowest BCUT2D eigenvalue weighted by Crippen LogP contribution is -2.59. The van der Waals surface area contributed by atoms with Crippen molar-refractivity contribution in [3.8, 4) is 0 Å². The maximum Gasteiger partial charge on any atom is 0.246 e. The third-order valence-corrected chi connectivity index (χ3v) is 5.19. The minimum atomic E-state index is -0.663. The highest BCUT2D eigenvalue weighted by Crippen LogP contribution is 2.32. The van der Waals surface area contributed by atoms with Gasteiger partial charge in [0.25, 0.3) is 0 Å². The van der Waals surface area contributed by atoms with Crippen molar-refractivity contribution in [1.29, 1.82) is 0 Å². The second-order valence-corrected chi connectivity index (χ2v) is 7.12. The molecule has 7 nitrogen and oxygen atoms in total. The average molecular weight is 395 g/mol. The van der Waals surface area contributed by atoms with E-state index >= 15 is 0 Å². The summed E-state index contributed by atoms with van der Waals surface area (Å²) in [6.45, 7) is 2.02. The van der Waals surface area contributed by atoms with Gasteiger partial charge in [-0.15, -0.1) is 12.4 Å². The van der Waals surface area contributed by atoms with E-state index in [4.69, 9.17) is 5.73 Å². The number of carbonyl (C=O) groups is 3. The molecule has 2 saturated heterocycles. The number of nitrogens with one attached hydrogen (secondary N) is 2. The molecule has 0 aromatic heterocycles. The molecule has 0 aliphatic carbocycles. The first-order valence-electron chi connectivity index (χ1n) is 9.17. The first kappa shape index (κ1) is 21.2. The molecular weight excluding hydrogens is 368 g/mol. The van der Waals surface area contributed by atoms with Gasteiger partial charge in [-0.25, -0.2) is 0 Å². The monoisotopic (exact) mass is 394 g/mol. The van der Waals surface area contributed by atoms with Gasteiger partial charge in [0.15, 0.2) is 0 Å². The van der Waals surface area contributed by atoms with E-state index in [9.17, 15) is 14.4 Å². The lowest BCUT2D eigenvalue weighted by atomic mass is 9.97. The number of carbonyl (C=O) groups excluding carboxylic acids is 3. The molecule has 4 atom stereocenters. The van der Waals surface area contributed by atoms with Crippen molar-refractivity contribution in [2.75, 3.05) is 0 Å². The van der Waals surface area contributed by atoms with E-state index in [1.54, 1.807) is 11.8 Å². The summed E-state index contributed by atoms with van der Waals surface area (Å²) in [7, 11) is 0. The van der Waals surface area contributed by atoms with Gasteiger partial charge in [-0.2, -0.15) is 0 Å². The largest absolute Gasteiger partial charge is 0.350 e. The number of benzene rings is 1. The van der Waals surface area contributed by atoms with Crippen LogP contribution in [0.2, 0.25) is 0 Å². The van der Waals surface area contributed by atoms with Gasteiger partial charge in [0.1, 0.15) is 12.1 Å². The molecule has 8 heteroatoms. The Balaban J connectivity index is 0.00000261. The number of fused-ring (bicyclic) bond motifs is 1. The summed E-state index contributed by atoms with van der Waals surface area (Å²) in [5, 5.41) is 5.64. The Hall–Kier alpha value is -2.12. The Morgan fingerprint density at radius 1 is 1.19 bits per heavy atom. The summed E-state index contributed by atoms with van der Waals surface area (Å²) < 4.78 is 0. The van der Waals surface area contributed by atoms with Crippen LogP contribution in [0.1, 0.15) is 38.2 Å². The summed E-state index contributed by atoms with van der Waals surface area (Å²) in [5.74, 6) is -0.650. The predicted molar refractivity (Wildman–Crippen MR) is 104 cm³/mol. The fraction of sp³-hybridized carbons (Fsp3) is 0.526. The predicted octanol–water partition coefficient (Wildman–Crippen LogP) is 0.710.